The van der Waals surface area contributed by atoms with Gasteiger partial charge in [-0.05, 0) is 59.7 Å². The lowest BCUT2D eigenvalue weighted by atomic mass is 9.83. The van der Waals surface area contributed by atoms with Crippen LogP contribution in [0.3, 0.4) is 0 Å². The molecule has 0 aliphatic heterocycles. The Balaban J connectivity index is 1.17. The number of thiazole rings is 1. The van der Waals surface area contributed by atoms with Crippen LogP contribution in [0.4, 0.5) is 10.8 Å². The van der Waals surface area contributed by atoms with Gasteiger partial charge >= 0.3 is 5.97 Å². The average Bonchev–Trinajstić information content (AvgIpc) is 3.45. The second kappa shape index (κ2) is 11.8. The number of ketones is 1. The quantitative estimate of drug-likeness (QED) is 0.247. The minimum atomic E-state index is -0.916. The molecule has 200 valence electrons. The third kappa shape index (κ3) is 6.55. The van der Waals surface area contributed by atoms with Crippen LogP contribution >= 0.6 is 11.3 Å². The lowest BCUT2D eigenvalue weighted by Gasteiger charge is -2.23. The molecule has 1 saturated carbocycles. The number of nitrogens with zero attached hydrogens (tertiary/aromatic N) is 3. The number of rotatable bonds is 9. The number of carboxylic acid groups (broad SMARTS) is 1. The summed E-state index contributed by atoms with van der Waals surface area (Å²) >= 11 is 1.60. The van der Waals surface area contributed by atoms with Gasteiger partial charge in [-0.3, -0.25) is 4.79 Å². The number of anilines is 2. The summed E-state index contributed by atoms with van der Waals surface area (Å²) in [7, 11) is 4.10. The van der Waals surface area contributed by atoms with E-state index in [4.69, 9.17) is 10.1 Å². The fourth-order valence-electron chi connectivity index (χ4n) is 5.09. The molecule has 0 bridgehead atoms. The van der Waals surface area contributed by atoms with Crippen molar-refractivity contribution < 1.29 is 14.7 Å². The molecule has 1 fully saturated rings. The average molecular weight is 540 g/mol. The third-order valence-electron chi connectivity index (χ3n) is 7.46. The molecule has 0 atom stereocenters. The van der Waals surface area contributed by atoms with Gasteiger partial charge in [0.1, 0.15) is 5.78 Å². The molecule has 1 heterocycles. The van der Waals surface area contributed by atoms with Crippen LogP contribution in [0.5, 0.6) is 0 Å². The van der Waals surface area contributed by atoms with Gasteiger partial charge in [0.2, 0.25) is 0 Å². The minimum absolute atomic E-state index is 0.291. The van der Waals surface area contributed by atoms with E-state index in [-0.39, 0.29) is 0 Å². The number of carbonyl (C=O) groups is 2. The molecule has 0 saturated heterocycles. The van der Waals surface area contributed by atoms with Gasteiger partial charge in [0, 0.05) is 56.7 Å². The number of aromatic nitrogens is 1. The van der Waals surface area contributed by atoms with Crippen LogP contribution in [0.25, 0.3) is 11.3 Å². The smallest absolute Gasteiger partial charge is 0.335 e. The molecule has 4 aromatic rings. The zero-order valence-corrected chi connectivity index (χ0v) is 23.2. The van der Waals surface area contributed by atoms with Gasteiger partial charge in [-0.2, -0.15) is 0 Å². The van der Waals surface area contributed by atoms with Crippen molar-refractivity contribution in [3.63, 3.8) is 0 Å². The number of carbonyl (C=O) groups excluding carboxylic acids is 1. The molecule has 1 aromatic heterocycles. The Hall–Kier alpha value is -3.97. The number of benzene rings is 3. The molecule has 6 nitrogen and oxygen atoms in total. The van der Waals surface area contributed by atoms with E-state index in [0.29, 0.717) is 36.7 Å². The van der Waals surface area contributed by atoms with Gasteiger partial charge in [0.25, 0.3) is 0 Å². The van der Waals surface area contributed by atoms with Crippen LogP contribution in [0.1, 0.15) is 58.6 Å². The molecule has 0 unspecified atom stereocenters. The summed E-state index contributed by atoms with van der Waals surface area (Å²) in [6.07, 6.45) is 3.39. The van der Waals surface area contributed by atoms with Crippen LogP contribution in [0.2, 0.25) is 0 Å². The van der Waals surface area contributed by atoms with Gasteiger partial charge in [-0.15, -0.1) is 11.3 Å². The van der Waals surface area contributed by atoms with Crippen molar-refractivity contribution in [2.75, 3.05) is 23.9 Å². The van der Waals surface area contributed by atoms with Crippen LogP contribution < -0.4 is 9.80 Å². The van der Waals surface area contributed by atoms with Crippen LogP contribution in [0.15, 0.2) is 78.2 Å². The van der Waals surface area contributed by atoms with Gasteiger partial charge in [-0.1, -0.05) is 48.5 Å². The van der Waals surface area contributed by atoms with Gasteiger partial charge < -0.3 is 14.9 Å². The van der Waals surface area contributed by atoms with Crippen LogP contribution in [-0.4, -0.2) is 35.9 Å². The summed E-state index contributed by atoms with van der Waals surface area (Å²) in [4.78, 5) is 31.8. The van der Waals surface area contributed by atoms with Crippen molar-refractivity contribution in [3.8, 4) is 11.3 Å². The van der Waals surface area contributed by atoms with E-state index >= 15 is 0 Å². The zero-order valence-electron chi connectivity index (χ0n) is 22.3. The Kier molecular flexibility index (Phi) is 8.07. The Labute approximate surface area is 233 Å². The lowest BCUT2D eigenvalue weighted by molar-refractivity contribution is -0.120. The van der Waals surface area contributed by atoms with Crippen molar-refractivity contribution in [2.45, 2.75) is 44.7 Å². The summed E-state index contributed by atoms with van der Waals surface area (Å²) in [6, 6.07) is 24.3. The van der Waals surface area contributed by atoms with E-state index in [9.17, 15) is 9.59 Å². The summed E-state index contributed by atoms with van der Waals surface area (Å²) in [6.45, 7) is 1.47. The summed E-state index contributed by atoms with van der Waals surface area (Å²) in [5, 5.41) is 12.1. The highest BCUT2D eigenvalue weighted by Crippen LogP contribution is 2.32. The number of aromatic carboxylic acids is 1. The largest absolute Gasteiger partial charge is 0.478 e. The Morgan fingerprint density at radius 2 is 1.46 bits per heavy atom. The first kappa shape index (κ1) is 26.6. The van der Waals surface area contributed by atoms with E-state index in [2.05, 4.69) is 70.8 Å². The highest BCUT2D eigenvalue weighted by molar-refractivity contribution is 7.14. The van der Waals surface area contributed by atoms with Crippen molar-refractivity contribution >= 4 is 33.9 Å². The normalized spacial score (nSPS) is 13.8. The molecule has 1 N–H and O–H groups in total. The third-order valence-corrected chi connectivity index (χ3v) is 8.41. The maximum absolute atomic E-state index is 11.5. The molecule has 0 spiro atoms. The molecule has 0 radical (unpaired) electrons. The van der Waals surface area contributed by atoms with Crippen molar-refractivity contribution in [3.05, 3.63) is 100 Å². The second-order valence-corrected chi connectivity index (χ2v) is 11.2. The second-order valence-electron chi connectivity index (χ2n) is 10.3. The van der Waals surface area contributed by atoms with E-state index < -0.39 is 5.97 Å². The first-order chi connectivity index (χ1) is 18.9. The Bertz CT molecular complexity index is 1420. The molecule has 0 amide bonds. The van der Waals surface area contributed by atoms with Crippen molar-refractivity contribution in [1.82, 2.24) is 4.98 Å². The van der Waals surface area contributed by atoms with E-state index in [1.807, 2.05) is 19.2 Å². The monoisotopic (exact) mass is 539 g/mol. The Morgan fingerprint density at radius 3 is 2.08 bits per heavy atom. The topological polar surface area (TPSA) is 73.7 Å². The molecule has 1 aliphatic rings. The maximum Gasteiger partial charge on any atom is 0.335 e. The number of carboxylic acids is 1. The predicted octanol–water partition coefficient (Wildman–Crippen LogP) is 7.01. The van der Waals surface area contributed by atoms with Crippen LogP contribution in [0, 0.1) is 0 Å². The Morgan fingerprint density at radius 1 is 0.872 bits per heavy atom. The van der Waals surface area contributed by atoms with Gasteiger partial charge in [0.15, 0.2) is 5.13 Å². The van der Waals surface area contributed by atoms with E-state index in [1.54, 1.807) is 23.5 Å². The summed E-state index contributed by atoms with van der Waals surface area (Å²) in [5.41, 5.74) is 7.10. The number of hydrogen-bond acceptors (Lipinski definition) is 6. The predicted molar refractivity (Wildman–Crippen MR) is 158 cm³/mol. The van der Waals surface area contributed by atoms with Crippen molar-refractivity contribution in [2.24, 2.45) is 0 Å². The molecule has 39 heavy (non-hydrogen) atoms. The standard InChI is InChI=1S/C32H33N3O3S/c1-34(19-22-3-7-24(8-4-22)25-13-17-29(36)18-14-25)28-15-11-26(12-16-28)30-21-39-32(33-30)35(2)20-23-5-9-27(10-6-23)31(37)38/h3-12,15-16,21,25H,13-14,17-20H2,1-2H3,(H,37,38). The molecular formula is C32H33N3O3S. The van der Waals surface area contributed by atoms with E-state index in [0.717, 1.165) is 47.0 Å². The molecule has 5 rings (SSSR count). The molecule has 1 aliphatic carbocycles. The van der Waals surface area contributed by atoms with Gasteiger partial charge in [0.05, 0.1) is 11.3 Å². The van der Waals surface area contributed by atoms with Crippen molar-refractivity contribution in [1.29, 1.82) is 0 Å². The first-order valence-corrected chi connectivity index (χ1v) is 14.1. The molecule has 7 heteroatoms. The number of hydrogen-bond donors (Lipinski definition) is 1. The van der Waals surface area contributed by atoms with Crippen LogP contribution in [-0.2, 0) is 17.9 Å². The lowest BCUT2D eigenvalue weighted by Crippen LogP contribution is -2.16. The zero-order chi connectivity index (χ0) is 27.4. The van der Waals surface area contributed by atoms with E-state index in [1.165, 1.54) is 11.1 Å². The summed E-state index contributed by atoms with van der Waals surface area (Å²) < 4.78 is 0. The SMILES string of the molecule is CN(Cc1ccc(C2CCC(=O)CC2)cc1)c1ccc(-c2csc(N(C)Cc3ccc(C(=O)O)cc3)n2)cc1. The maximum atomic E-state index is 11.5. The minimum Gasteiger partial charge on any atom is -0.478 e. The van der Waals surface area contributed by atoms with Gasteiger partial charge in [-0.25, -0.2) is 9.78 Å². The fraction of sp³-hybridized carbons (Fsp3) is 0.281. The fourth-order valence-corrected chi connectivity index (χ4v) is 5.89. The first-order valence-electron chi connectivity index (χ1n) is 13.3. The summed E-state index contributed by atoms with van der Waals surface area (Å²) in [5.74, 6) is -0.000756. The molecule has 3 aromatic carbocycles. The highest BCUT2D eigenvalue weighted by atomic mass is 32.1. The molecular weight excluding hydrogens is 506 g/mol. The number of Topliss-reactive ketones (excluding diaryl/α,β-unsaturated/α-hetero) is 1. The highest BCUT2D eigenvalue weighted by Gasteiger charge is 2.20.